The van der Waals surface area contributed by atoms with Gasteiger partial charge in [-0.25, -0.2) is 0 Å². The normalized spacial score (nSPS) is 24.8. The van der Waals surface area contributed by atoms with E-state index in [4.69, 9.17) is 0 Å². The standard InChI is InChI=1S/C14H20N2O/c1-10(2)13-14(17)15-9-12(16-13)8-11-6-4-3-5-7-11/h3-7,10,12-13,16H,8-9H2,1-2H3,(H,15,17)/t12?,13-/m0/s1. The maximum atomic E-state index is 11.7. The molecule has 0 radical (unpaired) electrons. The van der Waals surface area contributed by atoms with Gasteiger partial charge in [-0.2, -0.15) is 0 Å². The van der Waals surface area contributed by atoms with Crippen LogP contribution in [0.5, 0.6) is 0 Å². The second kappa shape index (κ2) is 5.32. The summed E-state index contributed by atoms with van der Waals surface area (Å²) in [6.45, 7) is 4.86. The lowest BCUT2D eigenvalue weighted by atomic mass is 9.97. The van der Waals surface area contributed by atoms with Gasteiger partial charge in [0.15, 0.2) is 0 Å². The van der Waals surface area contributed by atoms with Crippen molar-refractivity contribution < 1.29 is 4.79 Å². The number of benzene rings is 1. The fourth-order valence-electron chi connectivity index (χ4n) is 2.25. The van der Waals surface area contributed by atoms with Gasteiger partial charge in [-0.1, -0.05) is 44.2 Å². The van der Waals surface area contributed by atoms with Crippen LogP contribution in [0.3, 0.4) is 0 Å². The number of carbonyl (C=O) groups excluding carboxylic acids is 1. The van der Waals surface area contributed by atoms with Crippen LogP contribution in [0.15, 0.2) is 30.3 Å². The van der Waals surface area contributed by atoms with E-state index >= 15 is 0 Å². The second-order valence-corrected chi connectivity index (χ2v) is 5.02. The van der Waals surface area contributed by atoms with E-state index in [1.165, 1.54) is 5.56 Å². The Hall–Kier alpha value is -1.35. The number of nitrogens with one attached hydrogen (secondary N) is 2. The molecule has 17 heavy (non-hydrogen) atoms. The van der Waals surface area contributed by atoms with Crippen molar-refractivity contribution in [1.29, 1.82) is 0 Å². The Balaban J connectivity index is 1.97. The van der Waals surface area contributed by atoms with Crippen molar-refractivity contribution >= 4 is 5.91 Å². The molecule has 1 heterocycles. The summed E-state index contributed by atoms with van der Waals surface area (Å²) in [7, 11) is 0. The summed E-state index contributed by atoms with van der Waals surface area (Å²) < 4.78 is 0. The van der Waals surface area contributed by atoms with Crippen LogP contribution < -0.4 is 10.6 Å². The molecule has 0 spiro atoms. The van der Waals surface area contributed by atoms with E-state index in [1.807, 2.05) is 6.07 Å². The molecule has 1 aliphatic heterocycles. The summed E-state index contributed by atoms with van der Waals surface area (Å²) in [5, 5.41) is 6.42. The van der Waals surface area contributed by atoms with Crippen LogP contribution in [0.2, 0.25) is 0 Å². The van der Waals surface area contributed by atoms with Crippen molar-refractivity contribution in [2.24, 2.45) is 5.92 Å². The molecule has 3 heteroatoms. The Bertz CT molecular complexity index is 375. The van der Waals surface area contributed by atoms with Crippen molar-refractivity contribution in [2.75, 3.05) is 6.54 Å². The third-order valence-corrected chi connectivity index (χ3v) is 3.21. The minimum absolute atomic E-state index is 0.0579. The van der Waals surface area contributed by atoms with Gasteiger partial charge in [0.25, 0.3) is 0 Å². The molecule has 1 aromatic carbocycles. The molecule has 3 nitrogen and oxygen atoms in total. The zero-order valence-electron chi connectivity index (χ0n) is 10.4. The molecule has 0 aliphatic carbocycles. The fourth-order valence-corrected chi connectivity index (χ4v) is 2.25. The molecule has 1 aliphatic rings. The van der Waals surface area contributed by atoms with Gasteiger partial charge in [-0.3, -0.25) is 4.79 Å². The number of rotatable bonds is 3. The lowest BCUT2D eigenvalue weighted by molar-refractivity contribution is -0.126. The van der Waals surface area contributed by atoms with Gasteiger partial charge in [0.2, 0.25) is 5.91 Å². The largest absolute Gasteiger partial charge is 0.353 e. The van der Waals surface area contributed by atoms with Gasteiger partial charge in [-0.05, 0) is 17.9 Å². The van der Waals surface area contributed by atoms with Crippen LogP contribution in [0.4, 0.5) is 0 Å². The molecule has 0 saturated carbocycles. The predicted molar refractivity (Wildman–Crippen MR) is 68.7 cm³/mol. The quantitative estimate of drug-likeness (QED) is 0.826. The highest BCUT2D eigenvalue weighted by atomic mass is 16.2. The molecular weight excluding hydrogens is 212 g/mol. The van der Waals surface area contributed by atoms with E-state index in [0.29, 0.717) is 12.0 Å². The van der Waals surface area contributed by atoms with E-state index in [1.54, 1.807) is 0 Å². The molecular formula is C14H20N2O. The van der Waals surface area contributed by atoms with Gasteiger partial charge < -0.3 is 10.6 Å². The molecule has 2 rings (SSSR count). The Morgan fingerprint density at radius 3 is 2.65 bits per heavy atom. The minimum atomic E-state index is -0.0579. The number of carbonyl (C=O) groups is 1. The van der Waals surface area contributed by atoms with Crippen molar-refractivity contribution in [3.05, 3.63) is 35.9 Å². The minimum Gasteiger partial charge on any atom is -0.353 e. The number of hydrogen-bond acceptors (Lipinski definition) is 2. The van der Waals surface area contributed by atoms with Crippen LogP contribution in [-0.2, 0) is 11.2 Å². The van der Waals surface area contributed by atoms with E-state index in [0.717, 1.165) is 13.0 Å². The molecule has 1 unspecified atom stereocenters. The first-order valence-corrected chi connectivity index (χ1v) is 6.24. The first-order chi connectivity index (χ1) is 8.16. The van der Waals surface area contributed by atoms with Crippen LogP contribution in [0.25, 0.3) is 0 Å². The Kier molecular flexibility index (Phi) is 3.79. The first kappa shape index (κ1) is 12.1. The van der Waals surface area contributed by atoms with E-state index in [-0.39, 0.29) is 11.9 Å². The first-order valence-electron chi connectivity index (χ1n) is 6.24. The van der Waals surface area contributed by atoms with E-state index < -0.39 is 0 Å². The molecule has 1 saturated heterocycles. The fraction of sp³-hybridized carbons (Fsp3) is 0.500. The van der Waals surface area contributed by atoms with Gasteiger partial charge in [0.05, 0.1) is 6.04 Å². The number of hydrogen-bond donors (Lipinski definition) is 2. The Labute approximate surface area is 103 Å². The molecule has 1 amide bonds. The van der Waals surface area contributed by atoms with Crippen LogP contribution >= 0.6 is 0 Å². The lowest BCUT2D eigenvalue weighted by Crippen LogP contribution is -2.60. The average molecular weight is 232 g/mol. The smallest absolute Gasteiger partial charge is 0.237 e. The highest BCUT2D eigenvalue weighted by molar-refractivity contribution is 5.82. The Morgan fingerprint density at radius 2 is 2.00 bits per heavy atom. The monoisotopic (exact) mass is 232 g/mol. The second-order valence-electron chi connectivity index (χ2n) is 5.02. The predicted octanol–water partition coefficient (Wildman–Crippen LogP) is 1.34. The molecule has 0 aromatic heterocycles. The molecule has 1 fully saturated rings. The lowest BCUT2D eigenvalue weighted by Gasteiger charge is -2.33. The van der Waals surface area contributed by atoms with Crippen molar-refractivity contribution in [1.82, 2.24) is 10.6 Å². The SMILES string of the molecule is CC(C)[C@@H]1NC(Cc2ccccc2)CNC1=O. The maximum Gasteiger partial charge on any atom is 0.237 e. The van der Waals surface area contributed by atoms with E-state index in [9.17, 15) is 4.79 Å². The topological polar surface area (TPSA) is 41.1 Å². The molecule has 2 N–H and O–H groups in total. The third-order valence-electron chi connectivity index (χ3n) is 3.21. The highest BCUT2D eigenvalue weighted by Crippen LogP contribution is 2.10. The zero-order valence-corrected chi connectivity index (χ0v) is 10.4. The van der Waals surface area contributed by atoms with Crippen LogP contribution in [0, 0.1) is 5.92 Å². The van der Waals surface area contributed by atoms with Crippen LogP contribution in [-0.4, -0.2) is 24.5 Å². The van der Waals surface area contributed by atoms with Crippen molar-refractivity contribution in [3.63, 3.8) is 0 Å². The summed E-state index contributed by atoms with van der Waals surface area (Å²) in [5.74, 6) is 0.456. The summed E-state index contributed by atoms with van der Waals surface area (Å²) in [6, 6.07) is 10.7. The summed E-state index contributed by atoms with van der Waals surface area (Å²) in [5.41, 5.74) is 1.31. The van der Waals surface area contributed by atoms with Crippen molar-refractivity contribution in [3.8, 4) is 0 Å². The molecule has 1 aromatic rings. The van der Waals surface area contributed by atoms with Gasteiger partial charge in [0.1, 0.15) is 0 Å². The summed E-state index contributed by atoms with van der Waals surface area (Å²) >= 11 is 0. The number of amides is 1. The average Bonchev–Trinajstić information content (AvgIpc) is 2.32. The van der Waals surface area contributed by atoms with E-state index in [2.05, 4.69) is 48.7 Å². The van der Waals surface area contributed by atoms with Crippen LogP contribution in [0.1, 0.15) is 19.4 Å². The highest BCUT2D eigenvalue weighted by Gasteiger charge is 2.29. The van der Waals surface area contributed by atoms with Gasteiger partial charge in [-0.15, -0.1) is 0 Å². The van der Waals surface area contributed by atoms with Gasteiger partial charge in [0, 0.05) is 12.6 Å². The zero-order chi connectivity index (χ0) is 12.3. The Morgan fingerprint density at radius 1 is 1.29 bits per heavy atom. The maximum absolute atomic E-state index is 11.7. The number of piperazine rings is 1. The summed E-state index contributed by atoms with van der Waals surface area (Å²) in [4.78, 5) is 11.7. The molecule has 92 valence electrons. The molecule has 0 bridgehead atoms. The van der Waals surface area contributed by atoms with Gasteiger partial charge >= 0.3 is 0 Å². The van der Waals surface area contributed by atoms with Crippen molar-refractivity contribution in [2.45, 2.75) is 32.4 Å². The third kappa shape index (κ3) is 3.07. The molecule has 2 atom stereocenters. The summed E-state index contributed by atoms with van der Waals surface area (Å²) in [6.07, 6.45) is 0.963.